The summed E-state index contributed by atoms with van der Waals surface area (Å²) >= 11 is 0. The maximum Gasteiger partial charge on any atom is 0.0886 e. The van der Waals surface area contributed by atoms with Crippen molar-refractivity contribution >= 4 is 0 Å². The normalized spacial score (nSPS) is 39.6. The zero-order chi connectivity index (χ0) is 11.9. The summed E-state index contributed by atoms with van der Waals surface area (Å²) in [6, 6.07) is 1.18. The second-order valence-corrected chi connectivity index (χ2v) is 5.97. The van der Waals surface area contributed by atoms with Crippen LogP contribution < -0.4 is 0 Å². The Morgan fingerprint density at radius 1 is 1.12 bits per heavy atom. The number of nitrogens with zero attached hydrogens (tertiary/aromatic N) is 1. The minimum absolute atomic E-state index is 0.527. The van der Waals surface area contributed by atoms with E-state index in [1.54, 1.807) is 0 Å². The number of hydrogen-bond donors (Lipinski definition) is 1. The van der Waals surface area contributed by atoms with Crippen LogP contribution in [0.1, 0.15) is 52.9 Å². The molecule has 2 saturated heterocycles. The number of hydrogen-bond acceptors (Lipinski definition) is 2. The average molecular weight is 223 g/mol. The number of rotatable bonds is 1. The second kappa shape index (κ2) is 4.15. The Hall–Kier alpha value is -0.340. The third kappa shape index (κ3) is 1.93. The molecule has 2 heterocycles. The Balaban J connectivity index is 2.24. The minimum atomic E-state index is -0.527. The third-order valence-electron chi connectivity index (χ3n) is 4.82. The first kappa shape index (κ1) is 12.1. The van der Waals surface area contributed by atoms with Gasteiger partial charge in [-0.15, -0.1) is 0 Å². The van der Waals surface area contributed by atoms with Gasteiger partial charge in [0.25, 0.3) is 0 Å². The van der Waals surface area contributed by atoms with Crippen LogP contribution >= 0.6 is 0 Å². The SMILES string of the molecule is CC(C)=C(C)C1(O)CC2CCCC(C1)N2C. The average Bonchev–Trinajstić information content (AvgIpc) is 2.19. The maximum absolute atomic E-state index is 10.8. The van der Waals surface area contributed by atoms with Crippen LogP contribution in [0.25, 0.3) is 0 Å². The van der Waals surface area contributed by atoms with Gasteiger partial charge < -0.3 is 10.0 Å². The largest absolute Gasteiger partial charge is 0.385 e. The lowest BCUT2D eigenvalue weighted by Gasteiger charge is -2.51. The molecule has 92 valence electrons. The summed E-state index contributed by atoms with van der Waals surface area (Å²) in [6.07, 6.45) is 5.70. The van der Waals surface area contributed by atoms with Crippen molar-refractivity contribution in [1.82, 2.24) is 4.90 Å². The highest BCUT2D eigenvalue weighted by atomic mass is 16.3. The topological polar surface area (TPSA) is 23.5 Å². The maximum atomic E-state index is 10.8. The first-order valence-electron chi connectivity index (χ1n) is 6.53. The van der Waals surface area contributed by atoms with Crippen molar-refractivity contribution in [3.8, 4) is 0 Å². The number of piperidine rings is 2. The lowest BCUT2D eigenvalue weighted by atomic mass is 9.72. The van der Waals surface area contributed by atoms with Crippen molar-refractivity contribution in [2.24, 2.45) is 0 Å². The van der Waals surface area contributed by atoms with E-state index in [4.69, 9.17) is 0 Å². The predicted molar refractivity (Wildman–Crippen MR) is 67.4 cm³/mol. The molecule has 2 heteroatoms. The van der Waals surface area contributed by atoms with E-state index < -0.39 is 5.60 Å². The van der Waals surface area contributed by atoms with Crippen LogP contribution in [-0.2, 0) is 0 Å². The summed E-state index contributed by atoms with van der Waals surface area (Å²) in [5.41, 5.74) is 1.96. The van der Waals surface area contributed by atoms with Gasteiger partial charge in [0.2, 0.25) is 0 Å². The van der Waals surface area contributed by atoms with Crippen molar-refractivity contribution in [3.63, 3.8) is 0 Å². The molecule has 0 aliphatic carbocycles. The molecule has 0 aromatic heterocycles. The van der Waals surface area contributed by atoms with E-state index in [0.717, 1.165) is 12.8 Å². The molecule has 16 heavy (non-hydrogen) atoms. The van der Waals surface area contributed by atoms with E-state index in [9.17, 15) is 5.11 Å². The van der Waals surface area contributed by atoms with Gasteiger partial charge in [-0.1, -0.05) is 12.0 Å². The van der Waals surface area contributed by atoms with Crippen LogP contribution in [0.3, 0.4) is 0 Å². The molecule has 2 atom stereocenters. The Morgan fingerprint density at radius 2 is 1.62 bits per heavy atom. The number of allylic oxidation sites excluding steroid dienone is 1. The van der Waals surface area contributed by atoms with Gasteiger partial charge in [0.1, 0.15) is 0 Å². The van der Waals surface area contributed by atoms with Crippen molar-refractivity contribution in [1.29, 1.82) is 0 Å². The van der Waals surface area contributed by atoms with E-state index in [2.05, 4.69) is 32.7 Å². The lowest BCUT2D eigenvalue weighted by Crippen LogP contribution is -2.56. The highest BCUT2D eigenvalue weighted by molar-refractivity contribution is 5.22. The second-order valence-electron chi connectivity index (χ2n) is 5.97. The van der Waals surface area contributed by atoms with Gasteiger partial charge in [0, 0.05) is 12.1 Å². The molecule has 2 rings (SSSR count). The zero-order valence-corrected chi connectivity index (χ0v) is 11.1. The standard InChI is InChI=1S/C14H25NO/c1-10(2)11(3)14(16)8-12-6-5-7-13(9-14)15(12)4/h12-13,16H,5-9H2,1-4H3. The van der Waals surface area contributed by atoms with E-state index in [1.165, 1.54) is 30.4 Å². The molecule has 2 aliphatic rings. The van der Waals surface area contributed by atoms with Crippen molar-refractivity contribution < 1.29 is 5.11 Å². The first-order chi connectivity index (χ1) is 7.44. The van der Waals surface area contributed by atoms with Crippen LogP contribution in [0.4, 0.5) is 0 Å². The molecule has 0 radical (unpaired) electrons. The fourth-order valence-electron chi connectivity index (χ4n) is 3.42. The smallest absolute Gasteiger partial charge is 0.0886 e. The molecule has 0 aromatic carbocycles. The summed E-state index contributed by atoms with van der Waals surface area (Å²) < 4.78 is 0. The van der Waals surface area contributed by atoms with Crippen LogP contribution in [0, 0.1) is 0 Å². The minimum Gasteiger partial charge on any atom is -0.385 e. The van der Waals surface area contributed by atoms with Crippen LogP contribution in [0.2, 0.25) is 0 Å². The van der Waals surface area contributed by atoms with Gasteiger partial charge in [-0.25, -0.2) is 0 Å². The molecule has 2 bridgehead atoms. The third-order valence-corrected chi connectivity index (χ3v) is 4.82. The number of fused-ring (bicyclic) bond motifs is 2. The van der Waals surface area contributed by atoms with E-state index in [1.807, 2.05) is 0 Å². The summed E-state index contributed by atoms with van der Waals surface area (Å²) in [7, 11) is 2.23. The molecule has 2 fully saturated rings. The molecule has 2 nitrogen and oxygen atoms in total. The van der Waals surface area contributed by atoms with Crippen molar-refractivity contribution in [2.45, 2.75) is 70.6 Å². The Morgan fingerprint density at radius 3 is 2.06 bits per heavy atom. The molecular formula is C14H25NO. The van der Waals surface area contributed by atoms with Gasteiger partial charge in [0.15, 0.2) is 0 Å². The van der Waals surface area contributed by atoms with E-state index in [-0.39, 0.29) is 0 Å². The molecule has 0 aromatic rings. The zero-order valence-electron chi connectivity index (χ0n) is 11.1. The summed E-state index contributed by atoms with van der Waals surface area (Å²) in [5, 5.41) is 10.8. The van der Waals surface area contributed by atoms with Gasteiger partial charge in [-0.05, 0) is 59.1 Å². The molecule has 0 spiro atoms. The lowest BCUT2D eigenvalue weighted by molar-refractivity contribution is -0.0608. The van der Waals surface area contributed by atoms with Crippen LogP contribution in [0.15, 0.2) is 11.1 Å². The Bertz CT molecular complexity index is 290. The molecule has 0 amide bonds. The molecule has 0 saturated carbocycles. The fraction of sp³-hybridized carbons (Fsp3) is 0.857. The molecule has 1 N–H and O–H groups in total. The summed E-state index contributed by atoms with van der Waals surface area (Å²) in [6.45, 7) is 6.33. The van der Waals surface area contributed by atoms with E-state index >= 15 is 0 Å². The highest BCUT2D eigenvalue weighted by Gasteiger charge is 2.44. The monoisotopic (exact) mass is 223 g/mol. The van der Waals surface area contributed by atoms with Gasteiger partial charge in [-0.2, -0.15) is 0 Å². The predicted octanol–water partition coefficient (Wildman–Crippen LogP) is 2.72. The quantitative estimate of drug-likeness (QED) is 0.691. The Kier molecular flexibility index (Phi) is 3.15. The summed E-state index contributed by atoms with van der Waals surface area (Å²) in [5.74, 6) is 0. The van der Waals surface area contributed by atoms with Crippen molar-refractivity contribution in [2.75, 3.05) is 7.05 Å². The first-order valence-corrected chi connectivity index (χ1v) is 6.53. The highest BCUT2D eigenvalue weighted by Crippen LogP contribution is 2.42. The number of aliphatic hydroxyl groups is 1. The van der Waals surface area contributed by atoms with Crippen molar-refractivity contribution in [3.05, 3.63) is 11.1 Å². The fourth-order valence-corrected chi connectivity index (χ4v) is 3.42. The summed E-state index contributed by atoms with van der Waals surface area (Å²) in [4.78, 5) is 2.50. The Labute approximate surface area is 99.3 Å². The van der Waals surface area contributed by atoms with E-state index in [0.29, 0.717) is 12.1 Å². The molecule has 2 unspecified atom stereocenters. The van der Waals surface area contributed by atoms with Crippen LogP contribution in [0.5, 0.6) is 0 Å². The molecular weight excluding hydrogens is 198 g/mol. The van der Waals surface area contributed by atoms with Crippen LogP contribution in [-0.4, -0.2) is 34.7 Å². The molecule has 2 aliphatic heterocycles. The van der Waals surface area contributed by atoms with Gasteiger partial charge in [-0.3, -0.25) is 0 Å². The van der Waals surface area contributed by atoms with Gasteiger partial charge >= 0.3 is 0 Å². The van der Waals surface area contributed by atoms with Gasteiger partial charge in [0.05, 0.1) is 5.60 Å².